The molecule has 1 aromatic heterocycles. The van der Waals surface area contributed by atoms with Crippen LogP contribution in [0.1, 0.15) is 88.5 Å². The van der Waals surface area contributed by atoms with Gasteiger partial charge in [-0.15, -0.1) is 0 Å². The van der Waals surface area contributed by atoms with E-state index in [1.807, 2.05) is 45.9 Å². The van der Waals surface area contributed by atoms with Gasteiger partial charge in [0, 0.05) is 44.1 Å². The highest BCUT2D eigenvalue weighted by Crippen LogP contribution is 2.37. The largest absolute Gasteiger partial charge is 0.494 e. The third kappa shape index (κ3) is 14.2. The van der Waals surface area contributed by atoms with Gasteiger partial charge in [-0.2, -0.15) is 21.0 Å². The lowest BCUT2D eigenvalue weighted by Gasteiger charge is -2.32. The van der Waals surface area contributed by atoms with E-state index >= 15 is 0 Å². The lowest BCUT2D eigenvalue weighted by molar-refractivity contribution is -0.118. The zero-order chi connectivity index (χ0) is 50.0. The second-order valence-electron chi connectivity index (χ2n) is 17.5. The van der Waals surface area contributed by atoms with Crippen molar-refractivity contribution in [3.05, 3.63) is 122 Å². The van der Waals surface area contributed by atoms with Gasteiger partial charge in [0.25, 0.3) is 0 Å². The maximum atomic E-state index is 11.9. The highest BCUT2D eigenvalue weighted by atomic mass is 79.9. The maximum absolute atomic E-state index is 11.9. The van der Waals surface area contributed by atoms with Gasteiger partial charge in [0.1, 0.15) is 24.3 Å². The number of anilines is 4. The molecule has 4 aromatic carbocycles. The smallest absolute Gasteiger partial charge is 0.399 e. The van der Waals surface area contributed by atoms with Crippen molar-refractivity contribution in [2.24, 2.45) is 17.8 Å². The summed E-state index contributed by atoms with van der Waals surface area (Å²) in [4.78, 5) is 43.1. The van der Waals surface area contributed by atoms with Crippen molar-refractivity contribution >= 4 is 96.5 Å². The second-order valence-corrected chi connectivity index (χ2v) is 19.7. The first-order chi connectivity index (χ1) is 32.8. The van der Waals surface area contributed by atoms with E-state index in [0.717, 1.165) is 58.5 Å². The Bertz CT molecular complexity index is 2940. The first-order valence-corrected chi connectivity index (χ1v) is 23.8. The third-order valence-electron chi connectivity index (χ3n) is 11.6. The number of hydrogen-bond donors (Lipinski definition) is 4. The summed E-state index contributed by atoms with van der Waals surface area (Å²) in [5, 5.41) is 44.5. The van der Waals surface area contributed by atoms with Gasteiger partial charge in [0.2, 0.25) is 23.0 Å². The molecule has 0 radical (unpaired) electrons. The average molecular weight is 1070 g/mol. The fourth-order valence-corrected chi connectivity index (χ4v) is 7.24. The summed E-state index contributed by atoms with van der Waals surface area (Å²) in [6, 6.07) is 30.9. The predicted molar refractivity (Wildman–Crippen MR) is 270 cm³/mol. The van der Waals surface area contributed by atoms with Crippen LogP contribution in [-0.2, 0) is 23.7 Å². The van der Waals surface area contributed by atoms with Gasteiger partial charge in [-0.25, -0.2) is 9.97 Å². The van der Waals surface area contributed by atoms with Gasteiger partial charge in [0.15, 0.2) is 0 Å². The van der Waals surface area contributed by atoms with Gasteiger partial charge in [0.05, 0.1) is 56.2 Å². The minimum Gasteiger partial charge on any atom is -0.399 e. The number of carbonyl (C=O) groups excluding carboxylic acids is 3. The van der Waals surface area contributed by atoms with Crippen molar-refractivity contribution in [2.45, 2.75) is 77.4 Å². The van der Waals surface area contributed by atoms with Crippen LogP contribution in [-0.4, -0.2) is 46.0 Å². The van der Waals surface area contributed by atoms with Crippen LogP contribution >= 0.6 is 43.5 Å². The molecule has 19 heteroatoms. The SMILES string of the molecule is CC1(C)OB(c2ccc(NC(=O)C3CC3)c(C#N)c2)OC1(C)C.N#Cc1cc(-c2ccnc(Cl)n2)ccc1NC(=O)C1CC1.N#Cc1cc(Br)ccc1N.N#Cc1cc(Br)ccc1NC(=O)C1CC1. The zero-order valence-electron chi connectivity index (χ0n) is 38.1. The van der Waals surface area contributed by atoms with Crippen LogP contribution in [0.5, 0.6) is 0 Å². The molecule has 3 amide bonds. The van der Waals surface area contributed by atoms with Crippen molar-refractivity contribution in [2.75, 3.05) is 21.7 Å². The van der Waals surface area contributed by atoms with E-state index in [4.69, 9.17) is 37.2 Å². The number of nitrogens with two attached hydrogens (primary N) is 1. The topological polar surface area (TPSA) is 253 Å². The van der Waals surface area contributed by atoms with Crippen molar-refractivity contribution in [1.29, 1.82) is 21.0 Å². The molecule has 69 heavy (non-hydrogen) atoms. The molecule has 4 aliphatic rings. The highest BCUT2D eigenvalue weighted by Gasteiger charge is 2.51. The molecule has 0 unspecified atom stereocenters. The van der Waals surface area contributed by atoms with Gasteiger partial charge in [-0.1, -0.05) is 44.0 Å². The molecule has 4 fully saturated rings. The number of rotatable bonds is 8. The predicted octanol–water partition coefficient (Wildman–Crippen LogP) is 9.80. The highest BCUT2D eigenvalue weighted by molar-refractivity contribution is 9.10. The van der Waals surface area contributed by atoms with Crippen LogP contribution in [0.25, 0.3) is 11.3 Å². The minimum atomic E-state index is -0.514. The summed E-state index contributed by atoms with van der Waals surface area (Å²) in [5.41, 5.74) is 10.8. The van der Waals surface area contributed by atoms with Gasteiger partial charge in [-0.3, -0.25) is 14.4 Å². The van der Waals surface area contributed by atoms with E-state index < -0.39 is 18.3 Å². The van der Waals surface area contributed by atoms with Crippen LogP contribution in [0.2, 0.25) is 5.28 Å². The number of carbonyl (C=O) groups is 3. The summed E-state index contributed by atoms with van der Waals surface area (Å²) in [5.74, 6) is 0.337. The molecule has 3 saturated carbocycles. The molecular formula is C50H46BBr2ClN10O5. The Morgan fingerprint density at radius 1 is 0.638 bits per heavy atom. The van der Waals surface area contributed by atoms with Crippen molar-refractivity contribution in [1.82, 2.24) is 9.97 Å². The van der Waals surface area contributed by atoms with E-state index in [0.29, 0.717) is 50.7 Å². The van der Waals surface area contributed by atoms with Crippen LogP contribution in [0.15, 0.2) is 94.0 Å². The monoisotopic (exact) mass is 1070 g/mol. The molecule has 9 rings (SSSR count). The number of nitrogens with one attached hydrogen (secondary N) is 3. The fraction of sp³-hybridized carbons (Fsp3) is 0.300. The normalized spacial score (nSPS) is 15.8. The van der Waals surface area contributed by atoms with E-state index in [2.05, 4.69) is 76.0 Å². The number of nitrogens with zero attached hydrogens (tertiary/aromatic N) is 6. The summed E-state index contributed by atoms with van der Waals surface area (Å²) >= 11 is 12.3. The molecule has 15 nitrogen and oxygen atoms in total. The lowest BCUT2D eigenvalue weighted by atomic mass is 9.78. The number of aromatic nitrogens is 2. The molecular weight excluding hydrogens is 1030 g/mol. The van der Waals surface area contributed by atoms with Crippen LogP contribution < -0.4 is 27.1 Å². The molecule has 0 spiro atoms. The maximum Gasteiger partial charge on any atom is 0.494 e. The molecule has 5 N–H and O–H groups in total. The standard InChI is InChI=1S/C17H21BN2O3.C15H11ClN4O.C11H9BrN2O.C7H5BrN2/c1-16(2)17(3,4)23-18(22-16)13-7-8-14(12(9-13)10-19)20-15(21)11-5-6-11;16-15-18-6-5-13(20-15)10-3-4-12(11(7-10)8-17)19-14(21)9-1-2-9;12-9-3-4-10(8(5-9)6-13)14-11(15)7-1-2-7;8-6-1-2-7(10)5(3-6)4-9/h7-9,11H,5-6H2,1-4H3,(H,20,21);3-7,9H,1-2H2,(H,19,21);3-5,7H,1-2H2,(H,14,15);1-3H,10H2. The molecule has 5 aromatic rings. The summed E-state index contributed by atoms with van der Waals surface area (Å²) in [6.45, 7) is 7.95. The van der Waals surface area contributed by atoms with Crippen molar-refractivity contribution in [3.63, 3.8) is 0 Å². The fourth-order valence-electron chi connectivity index (χ4n) is 6.37. The number of hydrogen-bond acceptors (Lipinski definition) is 12. The average Bonchev–Trinajstić information content (AvgIpc) is 4.16. The number of nitriles is 4. The number of benzene rings is 4. The number of nitrogen functional groups attached to an aromatic ring is 1. The minimum absolute atomic E-state index is 0.00937. The van der Waals surface area contributed by atoms with Gasteiger partial charge >= 0.3 is 7.12 Å². The Balaban J connectivity index is 0.000000157. The third-order valence-corrected chi connectivity index (χ3v) is 12.8. The zero-order valence-corrected chi connectivity index (χ0v) is 42.0. The Morgan fingerprint density at radius 3 is 1.51 bits per heavy atom. The molecule has 3 aliphatic carbocycles. The summed E-state index contributed by atoms with van der Waals surface area (Å²) in [6.07, 6.45) is 7.18. The molecule has 1 saturated heterocycles. The molecule has 2 heterocycles. The van der Waals surface area contributed by atoms with Crippen molar-refractivity contribution < 1.29 is 23.7 Å². The number of amides is 3. The molecule has 350 valence electrons. The first kappa shape index (κ1) is 51.8. The Labute approximate surface area is 422 Å². The van der Waals surface area contributed by atoms with Crippen LogP contribution in [0.4, 0.5) is 22.7 Å². The number of halogens is 3. The van der Waals surface area contributed by atoms with Gasteiger partial charge in [-0.05, 0) is 150 Å². The van der Waals surface area contributed by atoms with Gasteiger partial charge < -0.3 is 31.0 Å². The molecule has 0 atom stereocenters. The summed E-state index contributed by atoms with van der Waals surface area (Å²) < 4.78 is 13.7. The van der Waals surface area contributed by atoms with E-state index in [1.54, 1.807) is 72.9 Å². The van der Waals surface area contributed by atoms with E-state index in [-0.39, 0.29) is 40.8 Å². The molecule has 0 bridgehead atoms. The Morgan fingerprint density at radius 2 is 1.06 bits per heavy atom. The lowest BCUT2D eigenvalue weighted by Crippen LogP contribution is -2.41. The van der Waals surface area contributed by atoms with Crippen molar-refractivity contribution in [3.8, 4) is 35.5 Å². The van der Waals surface area contributed by atoms with E-state index in [9.17, 15) is 24.9 Å². The van der Waals surface area contributed by atoms with E-state index in [1.165, 1.54) is 0 Å². The quantitative estimate of drug-likeness (QED) is 0.0644. The van der Waals surface area contributed by atoms with Crippen LogP contribution in [0, 0.1) is 63.1 Å². The van der Waals surface area contributed by atoms with Crippen LogP contribution in [0.3, 0.4) is 0 Å². The summed E-state index contributed by atoms with van der Waals surface area (Å²) in [7, 11) is -0.514. The Kier molecular flexibility index (Phi) is 17.0. The first-order valence-electron chi connectivity index (χ1n) is 21.8. The second kappa shape index (κ2) is 22.6. The molecule has 1 aliphatic heterocycles. The Hall–Kier alpha value is -6.64.